The standard InChI is InChI=1S/C14H19ClF3NO.ClH/c1-13(2,3)12(19)7-11(20)9-6-8(14(16,17)18)4-5-10(9)15;/h4-6,11-12,20H,7,19H2,1-3H3;1H/t11-,12-;/m0./s1. The van der Waals surface area contributed by atoms with Crippen molar-refractivity contribution in [3.8, 4) is 0 Å². The fourth-order valence-corrected chi connectivity index (χ4v) is 1.94. The van der Waals surface area contributed by atoms with Crippen molar-refractivity contribution in [2.45, 2.75) is 45.5 Å². The number of halogens is 5. The molecule has 122 valence electrons. The van der Waals surface area contributed by atoms with Gasteiger partial charge in [-0.3, -0.25) is 0 Å². The molecule has 0 heterocycles. The Labute approximate surface area is 133 Å². The van der Waals surface area contributed by atoms with E-state index in [0.29, 0.717) is 0 Å². The van der Waals surface area contributed by atoms with Crippen LogP contribution in [0.1, 0.15) is 44.4 Å². The highest BCUT2D eigenvalue weighted by Crippen LogP contribution is 2.35. The molecule has 2 nitrogen and oxygen atoms in total. The van der Waals surface area contributed by atoms with E-state index in [1.807, 2.05) is 20.8 Å². The Bertz CT molecular complexity index is 472. The van der Waals surface area contributed by atoms with Crippen LogP contribution < -0.4 is 5.73 Å². The van der Waals surface area contributed by atoms with Crippen molar-refractivity contribution >= 4 is 24.0 Å². The Kier molecular flexibility index (Phi) is 7.01. The average Bonchev–Trinajstić information content (AvgIpc) is 2.26. The van der Waals surface area contributed by atoms with Crippen molar-refractivity contribution in [3.05, 3.63) is 34.3 Å². The molecule has 1 aromatic carbocycles. The van der Waals surface area contributed by atoms with Gasteiger partial charge in [0.05, 0.1) is 11.7 Å². The van der Waals surface area contributed by atoms with Gasteiger partial charge in [-0.2, -0.15) is 13.2 Å². The second-order valence-corrected chi connectivity index (χ2v) is 6.37. The van der Waals surface area contributed by atoms with E-state index in [2.05, 4.69) is 0 Å². The van der Waals surface area contributed by atoms with E-state index in [1.165, 1.54) is 0 Å². The molecule has 0 bridgehead atoms. The van der Waals surface area contributed by atoms with Crippen molar-refractivity contribution in [1.82, 2.24) is 0 Å². The fourth-order valence-electron chi connectivity index (χ4n) is 1.70. The SMILES string of the molecule is CC(C)(C)[C@@H](N)C[C@H](O)c1cc(C(F)(F)F)ccc1Cl.Cl. The van der Waals surface area contributed by atoms with Gasteiger partial charge < -0.3 is 10.8 Å². The molecule has 0 unspecified atom stereocenters. The largest absolute Gasteiger partial charge is 0.416 e. The highest BCUT2D eigenvalue weighted by Gasteiger charge is 2.32. The molecule has 0 amide bonds. The Hall–Kier alpha value is -0.490. The third-order valence-corrected chi connectivity index (χ3v) is 3.62. The van der Waals surface area contributed by atoms with Gasteiger partial charge in [0, 0.05) is 11.1 Å². The van der Waals surface area contributed by atoms with Crippen LogP contribution in [0.25, 0.3) is 0 Å². The molecule has 0 fully saturated rings. The molecule has 3 N–H and O–H groups in total. The second kappa shape index (κ2) is 7.18. The summed E-state index contributed by atoms with van der Waals surface area (Å²) in [4.78, 5) is 0. The quantitative estimate of drug-likeness (QED) is 0.842. The monoisotopic (exact) mass is 345 g/mol. The Balaban J connectivity index is 0.00000400. The van der Waals surface area contributed by atoms with Crippen LogP contribution in [0.15, 0.2) is 18.2 Å². The normalized spacial score (nSPS) is 15.3. The molecule has 0 saturated carbocycles. The topological polar surface area (TPSA) is 46.2 Å². The minimum Gasteiger partial charge on any atom is -0.388 e. The van der Waals surface area contributed by atoms with E-state index in [4.69, 9.17) is 17.3 Å². The molecule has 0 spiro atoms. The van der Waals surface area contributed by atoms with Crippen LogP contribution in [-0.4, -0.2) is 11.1 Å². The smallest absolute Gasteiger partial charge is 0.388 e. The highest BCUT2D eigenvalue weighted by molar-refractivity contribution is 6.31. The number of hydrogen-bond donors (Lipinski definition) is 2. The van der Waals surface area contributed by atoms with Crippen LogP contribution in [0, 0.1) is 5.41 Å². The number of hydrogen-bond acceptors (Lipinski definition) is 2. The molecule has 0 aromatic heterocycles. The van der Waals surface area contributed by atoms with E-state index in [9.17, 15) is 18.3 Å². The fraction of sp³-hybridized carbons (Fsp3) is 0.571. The maximum Gasteiger partial charge on any atom is 0.416 e. The van der Waals surface area contributed by atoms with Gasteiger partial charge in [0.2, 0.25) is 0 Å². The van der Waals surface area contributed by atoms with Crippen LogP contribution >= 0.6 is 24.0 Å². The van der Waals surface area contributed by atoms with Gasteiger partial charge in [0.15, 0.2) is 0 Å². The molecule has 7 heteroatoms. The first-order valence-corrected chi connectivity index (χ1v) is 6.61. The first-order valence-electron chi connectivity index (χ1n) is 6.23. The van der Waals surface area contributed by atoms with Gasteiger partial charge in [-0.15, -0.1) is 12.4 Å². The van der Waals surface area contributed by atoms with Crippen LogP contribution in [0.5, 0.6) is 0 Å². The third-order valence-electron chi connectivity index (χ3n) is 3.27. The van der Waals surface area contributed by atoms with Gasteiger partial charge in [-0.25, -0.2) is 0 Å². The zero-order valence-electron chi connectivity index (χ0n) is 12.0. The van der Waals surface area contributed by atoms with Crippen molar-refractivity contribution in [1.29, 1.82) is 0 Å². The van der Waals surface area contributed by atoms with Gasteiger partial charge in [0.1, 0.15) is 0 Å². The molecule has 0 saturated heterocycles. The lowest BCUT2D eigenvalue weighted by Gasteiger charge is -2.29. The summed E-state index contributed by atoms with van der Waals surface area (Å²) in [7, 11) is 0. The lowest BCUT2D eigenvalue weighted by atomic mass is 9.83. The van der Waals surface area contributed by atoms with Crippen LogP contribution in [0.4, 0.5) is 13.2 Å². The molecule has 0 aliphatic carbocycles. The van der Waals surface area contributed by atoms with E-state index in [-0.39, 0.29) is 40.9 Å². The van der Waals surface area contributed by atoms with Crippen LogP contribution in [0.3, 0.4) is 0 Å². The number of aliphatic hydroxyl groups excluding tert-OH is 1. The van der Waals surface area contributed by atoms with Gasteiger partial charge in [-0.05, 0) is 35.6 Å². The Morgan fingerprint density at radius 2 is 1.76 bits per heavy atom. The minimum absolute atomic E-state index is 0. The zero-order chi connectivity index (χ0) is 15.7. The Morgan fingerprint density at radius 1 is 1.24 bits per heavy atom. The number of alkyl halides is 3. The maximum atomic E-state index is 12.7. The van der Waals surface area contributed by atoms with Crippen molar-refractivity contribution in [2.75, 3.05) is 0 Å². The second-order valence-electron chi connectivity index (χ2n) is 5.96. The number of aliphatic hydroxyl groups is 1. The summed E-state index contributed by atoms with van der Waals surface area (Å²) in [5.74, 6) is 0. The lowest BCUT2D eigenvalue weighted by Crippen LogP contribution is -2.36. The molecule has 0 aliphatic rings. The molecule has 1 rings (SSSR count). The minimum atomic E-state index is -4.47. The molecule has 0 radical (unpaired) electrons. The maximum absolute atomic E-state index is 12.7. The summed E-state index contributed by atoms with van der Waals surface area (Å²) in [5, 5.41) is 10.2. The lowest BCUT2D eigenvalue weighted by molar-refractivity contribution is -0.137. The summed E-state index contributed by atoms with van der Waals surface area (Å²) in [5.41, 5.74) is 4.91. The van der Waals surface area contributed by atoms with Crippen molar-refractivity contribution in [2.24, 2.45) is 11.1 Å². The molecular formula is C14H20Cl2F3NO. The number of rotatable bonds is 3. The van der Waals surface area contributed by atoms with Gasteiger partial charge >= 0.3 is 6.18 Å². The highest BCUT2D eigenvalue weighted by atomic mass is 35.5. The van der Waals surface area contributed by atoms with Gasteiger partial charge in [0.25, 0.3) is 0 Å². The number of benzene rings is 1. The van der Waals surface area contributed by atoms with Crippen LogP contribution in [0.2, 0.25) is 5.02 Å². The first kappa shape index (κ1) is 20.5. The Morgan fingerprint density at radius 3 is 2.19 bits per heavy atom. The van der Waals surface area contributed by atoms with E-state index in [0.717, 1.165) is 18.2 Å². The molecule has 1 aromatic rings. The predicted molar refractivity (Wildman–Crippen MR) is 80.7 cm³/mol. The van der Waals surface area contributed by atoms with E-state index >= 15 is 0 Å². The molecule has 0 aliphatic heterocycles. The third kappa shape index (κ3) is 5.66. The van der Waals surface area contributed by atoms with E-state index < -0.39 is 17.8 Å². The summed E-state index contributed by atoms with van der Waals surface area (Å²) < 4.78 is 38.0. The summed E-state index contributed by atoms with van der Waals surface area (Å²) in [6.07, 6.45) is -5.45. The summed E-state index contributed by atoms with van der Waals surface area (Å²) in [6.45, 7) is 5.70. The van der Waals surface area contributed by atoms with Crippen molar-refractivity contribution in [3.63, 3.8) is 0 Å². The van der Waals surface area contributed by atoms with E-state index in [1.54, 1.807) is 0 Å². The zero-order valence-corrected chi connectivity index (χ0v) is 13.6. The van der Waals surface area contributed by atoms with Gasteiger partial charge in [-0.1, -0.05) is 32.4 Å². The predicted octanol–water partition coefficient (Wildman–Crippen LogP) is 4.58. The molecule has 2 atom stereocenters. The van der Waals surface area contributed by atoms with Crippen molar-refractivity contribution < 1.29 is 18.3 Å². The molecule has 21 heavy (non-hydrogen) atoms. The summed E-state index contributed by atoms with van der Waals surface area (Å²) in [6, 6.07) is 2.55. The first-order chi connectivity index (χ1) is 8.93. The summed E-state index contributed by atoms with van der Waals surface area (Å²) >= 11 is 5.87. The van der Waals surface area contributed by atoms with Crippen LogP contribution in [-0.2, 0) is 6.18 Å². The average molecular weight is 346 g/mol. The number of nitrogens with two attached hydrogens (primary N) is 1. The molecular weight excluding hydrogens is 326 g/mol.